The number of nitrogens with zero attached hydrogens (tertiary/aromatic N) is 5. The van der Waals surface area contributed by atoms with E-state index in [1.807, 2.05) is 51.2 Å². The second kappa shape index (κ2) is 8.99. The van der Waals surface area contributed by atoms with E-state index in [0.29, 0.717) is 24.5 Å². The minimum Gasteiger partial charge on any atom is -0.454 e. The molecule has 1 aromatic carbocycles. The summed E-state index contributed by atoms with van der Waals surface area (Å²) in [6.07, 6.45) is 6.86. The van der Waals surface area contributed by atoms with Gasteiger partial charge in [-0.25, -0.2) is 9.78 Å². The molecule has 2 aliphatic rings. The van der Waals surface area contributed by atoms with Crippen molar-refractivity contribution in [1.29, 1.82) is 0 Å². The molecule has 0 radical (unpaired) electrons. The Kier molecular flexibility index (Phi) is 5.62. The molecule has 1 fully saturated rings. The van der Waals surface area contributed by atoms with Crippen molar-refractivity contribution >= 4 is 23.2 Å². The maximum absolute atomic E-state index is 12.8. The predicted octanol–water partition coefficient (Wildman–Crippen LogP) is 4.71. The lowest BCUT2D eigenvalue weighted by Crippen LogP contribution is -2.42. The number of aromatic amines is 1. The fourth-order valence-electron chi connectivity index (χ4n) is 4.71. The maximum Gasteiger partial charge on any atom is 0.410 e. The third-order valence-corrected chi connectivity index (χ3v) is 6.44. The zero-order chi connectivity index (χ0) is 25.6. The molecule has 4 aromatic rings. The van der Waals surface area contributed by atoms with E-state index in [-0.39, 0.29) is 18.8 Å². The zero-order valence-corrected chi connectivity index (χ0v) is 21.0. The molecule has 192 valence electrons. The lowest BCUT2D eigenvalue weighted by molar-refractivity contribution is 0.0197. The number of piperidine rings is 1. The van der Waals surface area contributed by atoms with Gasteiger partial charge in [0.25, 0.3) is 0 Å². The van der Waals surface area contributed by atoms with Crippen molar-refractivity contribution in [3.05, 3.63) is 48.5 Å². The van der Waals surface area contributed by atoms with Gasteiger partial charge in [-0.1, -0.05) is 0 Å². The molecule has 3 aromatic heterocycles. The number of H-pyrrole nitrogens is 1. The molecular weight excluding hydrogens is 474 g/mol. The molecule has 5 heterocycles. The summed E-state index contributed by atoms with van der Waals surface area (Å²) in [6.45, 7) is 7.07. The van der Waals surface area contributed by atoms with Crippen LogP contribution in [0.25, 0.3) is 16.8 Å². The average molecular weight is 504 g/mol. The van der Waals surface area contributed by atoms with Crippen LogP contribution < -0.4 is 14.8 Å². The van der Waals surface area contributed by atoms with Gasteiger partial charge in [0.2, 0.25) is 6.79 Å². The summed E-state index contributed by atoms with van der Waals surface area (Å²) >= 11 is 0. The number of carbonyl (C=O) groups excluding carboxylic acids is 1. The van der Waals surface area contributed by atoms with Crippen LogP contribution in [0, 0.1) is 0 Å². The van der Waals surface area contributed by atoms with Crippen LogP contribution in [0.3, 0.4) is 0 Å². The van der Waals surface area contributed by atoms with E-state index in [9.17, 15) is 4.79 Å². The second-order valence-corrected chi connectivity index (χ2v) is 10.3. The third-order valence-electron chi connectivity index (χ3n) is 6.44. The van der Waals surface area contributed by atoms with Crippen molar-refractivity contribution in [2.45, 2.75) is 45.1 Å². The van der Waals surface area contributed by atoms with Crippen LogP contribution in [-0.4, -0.2) is 61.3 Å². The summed E-state index contributed by atoms with van der Waals surface area (Å²) < 4.78 is 18.4. The van der Waals surface area contributed by atoms with E-state index in [0.717, 1.165) is 46.9 Å². The molecule has 1 saturated heterocycles. The van der Waals surface area contributed by atoms with Gasteiger partial charge in [-0.15, -0.1) is 0 Å². The summed E-state index contributed by atoms with van der Waals surface area (Å²) in [5, 5.41) is 15.1. The highest BCUT2D eigenvalue weighted by Crippen LogP contribution is 2.36. The van der Waals surface area contributed by atoms with Gasteiger partial charge in [-0.05, 0) is 45.7 Å². The molecule has 0 saturated carbocycles. The van der Waals surface area contributed by atoms with Gasteiger partial charge < -0.3 is 24.4 Å². The van der Waals surface area contributed by atoms with Crippen LogP contribution in [0.15, 0.2) is 42.9 Å². The largest absolute Gasteiger partial charge is 0.454 e. The standard InChI is InChI=1S/C26H29N7O4/c1-26(2,3)37-25(34)32-8-4-5-16(14-32)20-10-23(30-18-6-7-21-22(9-18)36-15-35-21)33-24(31-20)19(13-29-33)17-11-27-28-12-17/h6-7,9-13,16,30H,4-5,8,14-15H2,1-3H3,(H,27,28). The van der Waals surface area contributed by atoms with Crippen molar-refractivity contribution in [3.8, 4) is 22.6 Å². The summed E-state index contributed by atoms with van der Waals surface area (Å²) in [6, 6.07) is 7.72. The summed E-state index contributed by atoms with van der Waals surface area (Å²) in [5.41, 5.74) is 3.64. The van der Waals surface area contributed by atoms with Crippen LogP contribution >= 0.6 is 0 Å². The van der Waals surface area contributed by atoms with E-state index < -0.39 is 5.60 Å². The molecule has 0 aliphatic carbocycles. The van der Waals surface area contributed by atoms with Crippen molar-refractivity contribution < 1.29 is 19.0 Å². The normalized spacial score (nSPS) is 17.3. The van der Waals surface area contributed by atoms with Crippen molar-refractivity contribution in [2.24, 2.45) is 0 Å². The number of rotatable bonds is 4. The van der Waals surface area contributed by atoms with E-state index in [1.54, 1.807) is 21.8 Å². The molecule has 1 amide bonds. The van der Waals surface area contributed by atoms with Gasteiger partial charge in [0.1, 0.15) is 11.4 Å². The summed E-state index contributed by atoms with van der Waals surface area (Å²) in [4.78, 5) is 19.6. The topological polar surface area (TPSA) is 119 Å². The van der Waals surface area contributed by atoms with Gasteiger partial charge >= 0.3 is 6.09 Å². The van der Waals surface area contributed by atoms with E-state index in [1.165, 1.54) is 0 Å². The Labute approximate surface area is 213 Å². The quantitative estimate of drug-likeness (QED) is 0.411. The highest BCUT2D eigenvalue weighted by atomic mass is 16.7. The highest BCUT2D eigenvalue weighted by Gasteiger charge is 2.30. The monoisotopic (exact) mass is 503 g/mol. The van der Waals surface area contributed by atoms with Crippen LogP contribution in [0.4, 0.5) is 16.3 Å². The van der Waals surface area contributed by atoms with Gasteiger partial charge in [0, 0.05) is 54.2 Å². The molecule has 0 spiro atoms. The van der Waals surface area contributed by atoms with E-state index in [2.05, 4.69) is 20.6 Å². The van der Waals surface area contributed by atoms with Gasteiger partial charge in [0.05, 0.1) is 18.1 Å². The van der Waals surface area contributed by atoms with E-state index >= 15 is 0 Å². The lowest BCUT2D eigenvalue weighted by atomic mass is 9.94. The first-order chi connectivity index (χ1) is 17.8. The van der Waals surface area contributed by atoms with Gasteiger partial charge in [-0.2, -0.15) is 14.7 Å². The van der Waals surface area contributed by atoms with Crippen LogP contribution in [-0.2, 0) is 4.74 Å². The summed E-state index contributed by atoms with van der Waals surface area (Å²) in [7, 11) is 0. The second-order valence-electron chi connectivity index (χ2n) is 10.3. The fraction of sp³-hybridized carbons (Fsp3) is 0.385. The number of fused-ring (bicyclic) bond motifs is 2. The Bertz CT molecular complexity index is 1440. The Morgan fingerprint density at radius 2 is 2.05 bits per heavy atom. The molecule has 11 heteroatoms. The van der Waals surface area contributed by atoms with Gasteiger partial charge in [-0.3, -0.25) is 5.10 Å². The van der Waals surface area contributed by atoms with Crippen LogP contribution in [0.2, 0.25) is 0 Å². The highest BCUT2D eigenvalue weighted by molar-refractivity contribution is 5.78. The fourth-order valence-corrected chi connectivity index (χ4v) is 4.71. The van der Waals surface area contributed by atoms with Crippen molar-refractivity contribution in [3.63, 3.8) is 0 Å². The Morgan fingerprint density at radius 1 is 1.19 bits per heavy atom. The summed E-state index contributed by atoms with van der Waals surface area (Å²) in [5.74, 6) is 2.21. The number of benzene rings is 1. The SMILES string of the molecule is CC(C)(C)OC(=O)N1CCCC(c2cc(Nc3ccc4c(c3)OCO4)n3ncc(-c4cn[nH]c4)c3n2)C1. The number of ether oxygens (including phenoxy) is 3. The minimum absolute atomic E-state index is 0.0515. The smallest absolute Gasteiger partial charge is 0.410 e. The first-order valence-corrected chi connectivity index (χ1v) is 12.4. The Hall–Kier alpha value is -4.28. The van der Waals surface area contributed by atoms with E-state index in [4.69, 9.17) is 19.2 Å². The molecule has 2 aliphatic heterocycles. The molecular formula is C26H29N7O4. The molecule has 6 rings (SSSR count). The lowest BCUT2D eigenvalue weighted by Gasteiger charge is -2.34. The number of likely N-dealkylation sites (tertiary alicyclic amines) is 1. The molecule has 1 atom stereocenters. The molecule has 0 bridgehead atoms. The number of hydrogen-bond donors (Lipinski definition) is 2. The molecule has 1 unspecified atom stereocenters. The predicted molar refractivity (Wildman–Crippen MR) is 136 cm³/mol. The van der Waals surface area contributed by atoms with Crippen LogP contribution in [0.5, 0.6) is 11.5 Å². The van der Waals surface area contributed by atoms with Gasteiger partial charge in [0.15, 0.2) is 17.1 Å². The van der Waals surface area contributed by atoms with Crippen molar-refractivity contribution in [2.75, 3.05) is 25.2 Å². The Morgan fingerprint density at radius 3 is 2.86 bits per heavy atom. The number of carbonyl (C=O) groups is 1. The number of hydrogen-bond acceptors (Lipinski definition) is 8. The average Bonchev–Trinajstić information content (AvgIpc) is 3.63. The first-order valence-electron chi connectivity index (χ1n) is 12.4. The number of amides is 1. The molecule has 11 nitrogen and oxygen atoms in total. The Balaban J connectivity index is 1.37. The van der Waals surface area contributed by atoms with Crippen molar-refractivity contribution in [1.82, 2.24) is 29.7 Å². The molecule has 2 N–H and O–H groups in total. The van der Waals surface area contributed by atoms with Crippen LogP contribution in [0.1, 0.15) is 45.2 Å². The number of aromatic nitrogens is 5. The number of nitrogens with one attached hydrogen (secondary N) is 2. The number of anilines is 2. The minimum atomic E-state index is -0.542. The molecule has 37 heavy (non-hydrogen) atoms. The zero-order valence-electron chi connectivity index (χ0n) is 21.0. The maximum atomic E-state index is 12.8. The first kappa shape index (κ1) is 23.1. The third kappa shape index (κ3) is 4.64.